The van der Waals surface area contributed by atoms with Gasteiger partial charge in [0.2, 0.25) is 0 Å². The highest BCUT2D eigenvalue weighted by molar-refractivity contribution is 5.84. The number of hydrogen-bond donors (Lipinski definition) is 1. The molecule has 1 heterocycles. The molecule has 0 aromatic heterocycles. The zero-order chi connectivity index (χ0) is 16.2. The Hall–Kier alpha value is -1.32. The number of hydrogen-bond acceptors (Lipinski definition) is 3. The number of esters is 1. The first kappa shape index (κ1) is 14.1. The molecule has 1 unspecified atom stereocenters. The molecule has 0 amide bonds. The van der Waals surface area contributed by atoms with Gasteiger partial charge in [-0.25, -0.2) is 0 Å². The minimum atomic E-state index is -0.719. The maximum Gasteiger partial charge on any atom is 0.312 e. The molecular weight excluding hydrogens is 292 g/mol. The van der Waals surface area contributed by atoms with Gasteiger partial charge in [0.1, 0.15) is 5.60 Å². The van der Waals surface area contributed by atoms with E-state index in [1.807, 2.05) is 6.92 Å². The van der Waals surface area contributed by atoms with Crippen LogP contribution in [0.25, 0.3) is 0 Å². The first-order chi connectivity index (χ1) is 10.9. The predicted octanol–water partition coefficient (Wildman–Crippen LogP) is 3.17. The largest absolute Gasteiger partial charge is 0.481 e. The molecule has 4 aliphatic carbocycles. The summed E-state index contributed by atoms with van der Waals surface area (Å²) >= 11 is 0. The molecule has 0 radical (unpaired) electrons. The monoisotopic (exact) mass is 316 g/mol. The maximum absolute atomic E-state index is 12.7. The standard InChI is InChI=1S/C19H24O4/c1-10-8-18-9-11(10)4-5-12(18)19-7-3-6-17(2,16(22)23-19)14(19)13(18)15(20)21/h11-14H,1,3-9H2,2H3,(H,20,21)/t11?,12-,13-,14-,17-,18+,19-/m1/s1. The highest BCUT2D eigenvalue weighted by Gasteiger charge is 2.81. The summed E-state index contributed by atoms with van der Waals surface area (Å²) in [6, 6.07) is 0. The molecule has 1 saturated heterocycles. The summed E-state index contributed by atoms with van der Waals surface area (Å²) < 4.78 is 6.10. The number of carbonyl (C=O) groups excluding carboxylic acids is 1. The number of fused-ring (bicyclic) bond motifs is 1. The third-order valence-electron chi connectivity index (χ3n) is 8.29. The van der Waals surface area contributed by atoms with Gasteiger partial charge >= 0.3 is 11.9 Å². The Labute approximate surface area is 136 Å². The van der Waals surface area contributed by atoms with Crippen LogP contribution in [0.3, 0.4) is 0 Å². The Morgan fingerprint density at radius 3 is 2.87 bits per heavy atom. The number of aliphatic carboxylic acids is 1. The van der Waals surface area contributed by atoms with Gasteiger partial charge in [-0.1, -0.05) is 12.2 Å². The molecule has 0 aromatic rings. The quantitative estimate of drug-likeness (QED) is 0.596. The first-order valence-electron chi connectivity index (χ1n) is 8.99. The molecule has 5 aliphatic rings. The molecule has 5 rings (SSSR count). The van der Waals surface area contributed by atoms with Crippen LogP contribution in [-0.2, 0) is 14.3 Å². The van der Waals surface area contributed by atoms with E-state index in [0.717, 1.165) is 44.9 Å². The summed E-state index contributed by atoms with van der Waals surface area (Å²) in [5, 5.41) is 10.2. The van der Waals surface area contributed by atoms with Crippen LogP contribution >= 0.6 is 0 Å². The van der Waals surface area contributed by atoms with Gasteiger partial charge < -0.3 is 9.84 Å². The lowest BCUT2D eigenvalue weighted by Crippen LogP contribution is -2.47. The summed E-state index contributed by atoms with van der Waals surface area (Å²) in [7, 11) is 0. The van der Waals surface area contributed by atoms with Crippen molar-refractivity contribution in [3.05, 3.63) is 12.2 Å². The molecule has 4 saturated carbocycles. The normalized spacial score (nSPS) is 56.2. The SMILES string of the molecule is C=C1C[C@]23CC1CC[C@H]2[C@@]12CCC[C@@](C)(C(=O)O1)[C@H]2[C@@H]3C(=O)O. The van der Waals surface area contributed by atoms with Crippen molar-refractivity contribution in [2.75, 3.05) is 0 Å². The van der Waals surface area contributed by atoms with Gasteiger partial charge in [-0.05, 0) is 63.2 Å². The van der Waals surface area contributed by atoms with Crippen LogP contribution in [-0.4, -0.2) is 22.6 Å². The Bertz CT molecular complexity index is 654. The van der Waals surface area contributed by atoms with Gasteiger partial charge in [-0.15, -0.1) is 0 Å². The fraction of sp³-hybridized carbons (Fsp3) is 0.789. The molecule has 4 nitrogen and oxygen atoms in total. The zero-order valence-corrected chi connectivity index (χ0v) is 13.6. The van der Waals surface area contributed by atoms with E-state index in [1.165, 1.54) is 5.57 Å². The third-order valence-corrected chi connectivity index (χ3v) is 8.29. The summed E-state index contributed by atoms with van der Waals surface area (Å²) in [5.74, 6) is -0.771. The summed E-state index contributed by atoms with van der Waals surface area (Å²) in [6.07, 6.45) is 6.45. The van der Waals surface area contributed by atoms with E-state index in [1.54, 1.807) is 0 Å². The number of allylic oxidation sites excluding steroid dienone is 1. The van der Waals surface area contributed by atoms with E-state index in [-0.39, 0.29) is 23.2 Å². The molecule has 7 atom stereocenters. The highest BCUT2D eigenvalue weighted by Crippen LogP contribution is 2.77. The smallest absolute Gasteiger partial charge is 0.312 e. The molecule has 23 heavy (non-hydrogen) atoms. The van der Waals surface area contributed by atoms with Gasteiger partial charge in [0, 0.05) is 11.8 Å². The van der Waals surface area contributed by atoms with E-state index in [2.05, 4.69) is 6.58 Å². The number of rotatable bonds is 1. The first-order valence-corrected chi connectivity index (χ1v) is 8.99. The summed E-state index contributed by atoms with van der Waals surface area (Å²) in [4.78, 5) is 25.0. The average Bonchev–Trinajstić information content (AvgIpc) is 2.92. The number of carboxylic acids is 1. The van der Waals surface area contributed by atoms with Gasteiger partial charge in [0.05, 0.1) is 11.3 Å². The fourth-order valence-electron chi connectivity index (χ4n) is 7.70. The van der Waals surface area contributed by atoms with Crippen LogP contribution in [0.5, 0.6) is 0 Å². The second-order valence-corrected chi connectivity index (χ2v) is 9.01. The van der Waals surface area contributed by atoms with Crippen molar-refractivity contribution in [3.8, 4) is 0 Å². The minimum Gasteiger partial charge on any atom is -0.481 e. The molecular formula is C19H24O4. The van der Waals surface area contributed by atoms with Gasteiger partial charge in [-0.2, -0.15) is 0 Å². The Morgan fingerprint density at radius 1 is 1.35 bits per heavy atom. The van der Waals surface area contributed by atoms with E-state index < -0.39 is 22.9 Å². The Balaban J connectivity index is 1.75. The molecule has 4 bridgehead atoms. The minimum absolute atomic E-state index is 0.139. The Morgan fingerprint density at radius 2 is 2.13 bits per heavy atom. The lowest BCUT2D eigenvalue weighted by molar-refractivity contribution is -0.160. The van der Waals surface area contributed by atoms with Gasteiger partial charge in [0.15, 0.2) is 0 Å². The molecule has 1 N–H and O–H groups in total. The van der Waals surface area contributed by atoms with E-state index in [0.29, 0.717) is 5.92 Å². The zero-order valence-electron chi connectivity index (χ0n) is 13.6. The number of ether oxygens (including phenoxy) is 1. The third kappa shape index (κ3) is 1.29. The molecule has 4 heteroatoms. The summed E-state index contributed by atoms with van der Waals surface area (Å²) in [5.41, 5.74) is -0.0978. The topological polar surface area (TPSA) is 63.6 Å². The van der Waals surface area contributed by atoms with E-state index >= 15 is 0 Å². The van der Waals surface area contributed by atoms with Crippen molar-refractivity contribution >= 4 is 11.9 Å². The maximum atomic E-state index is 12.7. The molecule has 1 spiro atoms. The van der Waals surface area contributed by atoms with Crippen molar-refractivity contribution in [1.29, 1.82) is 0 Å². The molecule has 5 fully saturated rings. The average molecular weight is 316 g/mol. The van der Waals surface area contributed by atoms with Crippen LogP contribution in [0.4, 0.5) is 0 Å². The molecule has 1 aliphatic heterocycles. The van der Waals surface area contributed by atoms with Crippen LogP contribution < -0.4 is 0 Å². The highest BCUT2D eigenvalue weighted by atomic mass is 16.6. The second kappa shape index (κ2) is 3.84. The predicted molar refractivity (Wildman–Crippen MR) is 82.4 cm³/mol. The van der Waals surface area contributed by atoms with E-state index in [4.69, 9.17) is 4.74 Å². The lowest BCUT2D eigenvalue weighted by Gasteiger charge is -2.43. The van der Waals surface area contributed by atoms with Gasteiger partial charge in [-0.3, -0.25) is 9.59 Å². The lowest BCUT2D eigenvalue weighted by atomic mass is 9.60. The fourth-order valence-corrected chi connectivity index (χ4v) is 7.70. The van der Waals surface area contributed by atoms with Crippen molar-refractivity contribution in [1.82, 2.24) is 0 Å². The molecule has 124 valence electrons. The summed E-state index contributed by atoms with van der Waals surface area (Å²) in [6.45, 7) is 6.22. The van der Waals surface area contributed by atoms with Gasteiger partial charge in [0.25, 0.3) is 0 Å². The second-order valence-electron chi connectivity index (χ2n) is 9.01. The van der Waals surface area contributed by atoms with Crippen molar-refractivity contribution in [3.63, 3.8) is 0 Å². The van der Waals surface area contributed by atoms with Crippen LogP contribution in [0.15, 0.2) is 12.2 Å². The number of carboxylic acid groups (broad SMARTS) is 1. The van der Waals surface area contributed by atoms with Crippen molar-refractivity contribution < 1.29 is 19.4 Å². The van der Waals surface area contributed by atoms with Crippen molar-refractivity contribution in [2.24, 2.45) is 34.5 Å². The Kier molecular flexibility index (Phi) is 2.35. The molecule has 0 aromatic carbocycles. The van der Waals surface area contributed by atoms with E-state index in [9.17, 15) is 14.7 Å². The van der Waals surface area contributed by atoms with Crippen LogP contribution in [0.2, 0.25) is 0 Å². The number of carbonyl (C=O) groups is 2. The van der Waals surface area contributed by atoms with Crippen LogP contribution in [0, 0.1) is 34.5 Å². The van der Waals surface area contributed by atoms with Crippen molar-refractivity contribution in [2.45, 2.75) is 57.5 Å². The van der Waals surface area contributed by atoms with Crippen LogP contribution in [0.1, 0.15) is 51.9 Å².